The fraction of sp³-hybridized carbons (Fsp3) is 0.400. The number of ketones is 1. The van der Waals surface area contributed by atoms with Crippen LogP contribution in [0.5, 0.6) is 0 Å². The van der Waals surface area contributed by atoms with Gasteiger partial charge in [0.05, 0.1) is 11.5 Å². The maximum Gasteiger partial charge on any atom is 0.343 e. The minimum atomic E-state index is -3.36. The van der Waals surface area contributed by atoms with E-state index in [1.54, 1.807) is 19.1 Å². The largest absolute Gasteiger partial charge is 0.343 e. The van der Waals surface area contributed by atoms with Crippen molar-refractivity contribution in [2.24, 2.45) is 0 Å². The molecular weight excluding hydrogens is 364 g/mol. The maximum absolute atomic E-state index is 12.5. The third-order valence-electron chi connectivity index (χ3n) is 3.29. The number of rotatable bonds is 8. The standard InChI is InChI=1S/C15H20N4O4S2/c1-4-9-19-14(21)16-17-15(19)24-10(2)13(20)11-5-7-12(8-6-11)18-25(3,22)23/h5-8,10,18H,4,9H2,1-3H3,(H,16,21)/t10-/m0/s1. The quantitative estimate of drug-likeness (QED) is 0.529. The number of nitrogens with zero attached hydrogens (tertiary/aromatic N) is 2. The van der Waals surface area contributed by atoms with Gasteiger partial charge in [-0.1, -0.05) is 18.7 Å². The van der Waals surface area contributed by atoms with Crippen molar-refractivity contribution >= 4 is 33.3 Å². The number of hydrogen-bond donors (Lipinski definition) is 2. The van der Waals surface area contributed by atoms with E-state index in [1.165, 1.54) is 28.5 Å². The van der Waals surface area contributed by atoms with Gasteiger partial charge in [0.25, 0.3) is 0 Å². The van der Waals surface area contributed by atoms with Crippen LogP contribution in [0.2, 0.25) is 0 Å². The van der Waals surface area contributed by atoms with Crippen molar-refractivity contribution in [3.8, 4) is 0 Å². The SMILES string of the molecule is CCCn1c(S[C@@H](C)C(=O)c2ccc(NS(C)(=O)=O)cc2)n[nH]c1=O. The molecule has 0 aliphatic carbocycles. The number of aromatic amines is 1. The highest BCUT2D eigenvalue weighted by molar-refractivity contribution is 8.00. The van der Waals surface area contributed by atoms with Crippen molar-refractivity contribution in [3.05, 3.63) is 40.3 Å². The molecule has 1 atom stereocenters. The summed E-state index contributed by atoms with van der Waals surface area (Å²) in [6, 6.07) is 6.20. The van der Waals surface area contributed by atoms with E-state index in [0.29, 0.717) is 23.0 Å². The van der Waals surface area contributed by atoms with Gasteiger partial charge in [0.15, 0.2) is 10.9 Å². The average molecular weight is 384 g/mol. The minimum Gasteiger partial charge on any atom is -0.293 e. The number of Topliss-reactive ketones (excluding diaryl/α,β-unsaturated/α-hetero) is 1. The number of hydrogen-bond acceptors (Lipinski definition) is 6. The molecule has 8 nitrogen and oxygen atoms in total. The normalized spacial score (nSPS) is 12.8. The van der Waals surface area contributed by atoms with Gasteiger partial charge >= 0.3 is 5.69 Å². The van der Waals surface area contributed by atoms with Crippen LogP contribution in [0.4, 0.5) is 5.69 Å². The summed E-state index contributed by atoms with van der Waals surface area (Å²) in [7, 11) is -3.36. The average Bonchev–Trinajstić information content (AvgIpc) is 2.87. The van der Waals surface area contributed by atoms with Crippen molar-refractivity contribution in [3.63, 3.8) is 0 Å². The first-order valence-electron chi connectivity index (χ1n) is 7.65. The number of carbonyl (C=O) groups is 1. The summed E-state index contributed by atoms with van der Waals surface area (Å²) in [6.07, 6.45) is 1.84. The Bertz CT molecular complexity index is 900. The predicted octanol–water partition coefficient (Wildman–Crippen LogP) is 1.72. The third-order valence-corrected chi connectivity index (χ3v) is 4.99. The van der Waals surface area contributed by atoms with Crippen LogP contribution in [-0.4, -0.2) is 40.5 Å². The van der Waals surface area contributed by atoms with Crippen molar-refractivity contribution in [1.82, 2.24) is 14.8 Å². The molecule has 0 bridgehead atoms. The van der Waals surface area contributed by atoms with Crippen LogP contribution in [0.25, 0.3) is 0 Å². The number of thioether (sulfide) groups is 1. The molecule has 0 saturated carbocycles. The van der Waals surface area contributed by atoms with Crippen molar-refractivity contribution in [2.75, 3.05) is 11.0 Å². The zero-order valence-corrected chi connectivity index (χ0v) is 15.8. The van der Waals surface area contributed by atoms with Gasteiger partial charge in [0, 0.05) is 17.8 Å². The first-order valence-corrected chi connectivity index (χ1v) is 10.4. The van der Waals surface area contributed by atoms with E-state index in [9.17, 15) is 18.0 Å². The molecule has 0 saturated heterocycles. The second kappa shape index (κ2) is 7.87. The summed E-state index contributed by atoms with van der Waals surface area (Å²) >= 11 is 1.21. The predicted molar refractivity (Wildman–Crippen MR) is 97.7 cm³/mol. The van der Waals surface area contributed by atoms with E-state index in [1.807, 2.05) is 6.92 Å². The molecule has 136 valence electrons. The highest BCUT2D eigenvalue weighted by Crippen LogP contribution is 2.24. The van der Waals surface area contributed by atoms with Crippen molar-refractivity contribution in [2.45, 2.75) is 37.2 Å². The molecule has 25 heavy (non-hydrogen) atoms. The molecule has 10 heteroatoms. The number of aromatic nitrogens is 3. The van der Waals surface area contributed by atoms with Crippen LogP contribution in [0, 0.1) is 0 Å². The van der Waals surface area contributed by atoms with Crippen LogP contribution in [0.3, 0.4) is 0 Å². The lowest BCUT2D eigenvalue weighted by Gasteiger charge is -2.11. The molecule has 0 aliphatic heterocycles. The van der Waals surface area contributed by atoms with E-state index in [2.05, 4.69) is 14.9 Å². The number of carbonyl (C=O) groups excluding carboxylic acids is 1. The molecule has 0 aliphatic rings. The van der Waals surface area contributed by atoms with Gasteiger partial charge < -0.3 is 0 Å². The van der Waals surface area contributed by atoms with Crippen molar-refractivity contribution in [1.29, 1.82) is 0 Å². The molecule has 1 aromatic heterocycles. The highest BCUT2D eigenvalue weighted by Gasteiger charge is 2.20. The Morgan fingerprint density at radius 1 is 1.36 bits per heavy atom. The smallest absolute Gasteiger partial charge is 0.293 e. The lowest BCUT2D eigenvalue weighted by atomic mass is 10.1. The van der Waals surface area contributed by atoms with E-state index < -0.39 is 15.3 Å². The first-order chi connectivity index (χ1) is 11.7. The molecule has 0 amide bonds. The Morgan fingerprint density at radius 3 is 2.56 bits per heavy atom. The Labute approximate surface area is 150 Å². The summed E-state index contributed by atoms with van der Waals surface area (Å²) in [4.78, 5) is 24.2. The third kappa shape index (κ3) is 5.20. The lowest BCUT2D eigenvalue weighted by Crippen LogP contribution is -2.19. The van der Waals surface area contributed by atoms with Crippen LogP contribution < -0.4 is 10.4 Å². The van der Waals surface area contributed by atoms with Gasteiger partial charge in [0.1, 0.15) is 0 Å². The van der Waals surface area contributed by atoms with Gasteiger partial charge in [-0.05, 0) is 37.6 Å². The summed E-state index contributed by atoms with van der Waals surface area (Å²) in [5.41, 5.74) is 0.558. The lowest BCUT2D eigenvalue weighted by molar-refractivity contribution is 0.0994. The van der Waals surface area contributed by atoms with Crippen LogP contribution in [-0.2, 0) is 16.6 Å². The fourth-order valence-corrected chi connectivity index (χ4v) is 3.70. The number of sulfonamides is 1. The molecule has 2 aromatic rings. The monoisotopic (exact) mass is 384 g/mol. The molecule has 0 fully saturated rings. The van der Waals surface area contributed by atoms with E-state index in [4.69, 9.17) is 0 Å². The van der Waals surface area contributed by atoms with Crippen molar-refractivity contribution < 1.29 is 13.2 Å². The zero-order chi connectivity index (χ0) is 18.6. The number of nitrogens with one attached hydrogen (secondary N) is 2. The first kappa shape index (κ1) is 19.3. The zero-order valence-electron chi connectivity index (χ0n) is 14.1. The van der Waals surface area contributed by atoms with Crippen LogP contribution in [0.15, 0.2) is 34.2 Å². The summed E-state index contributed by atoms with van der Waals surface area (Å²) < 4.78 is 26.2. The Morgan fingerprint density at radius 2 is 2.00 bits per heavy atom. The molecular formula is C15H20N4O4S2. The van der Waals surface area contributed by atoms with Gasteiger partial charge in [-0.25, -0.2) is 18.3 Å². The van der Waals surface area contributed by atoms with Crippen LogP contribution in [0.1, 0.15) is 30.6 Å². The van der Waals surface area contributed by atoms with Gasteiger partial charge in [-0.15, -0.1) is 5.10 Å². The summed E-state index contributed by atoms with van der Waals surface area (Å²) in [6.45, 7) is 4.23. The number of benzene rings is 1. The van der Waals surface area contributed by atoms with E-state index in [-0.39, 0.29) is 11.5 Å². The summed E-state index contributed by atoms with van der Waals surface area (Å²) in [5.74, 6) is -0.130. The Hall–Kier alpha value is -2.07. The Balaban J connectivity index is 2.11. The molecule has 1 aromatic carbocycles. The number of anilines is 1. The molecule has 2 N–H and O–H groups in total. The molecule has 2 rings (SSSR count). The Kier molecular flexibility index (Phi) is 6.07. The molecule has 0 unspecified atom stereocenters. The van der Waals surface area contributed by atoms with Gasteiger partial charge in [0.2, 0.25) is 10.0 Å². The number of H-pyrrole nitrogens is 1. The molecule has 0 radical (unpaired) electrons. The minimum absolute atomic E-state index is 0.130. The van der Waals surface area contributed by atoms with E-state index >= 15 is 0 Å². The fourth-order valence-electron chi connectivity index (χ4n) is 2.18. The second-order valence-corrected chi connectivity index (χ2v) is 8.60. The molecule has 1 heterocycles. The van der Waals surface area contributed by atoms with Crippen LogP contribution >= 0.6 is 11.8 Å². The highest BCUT2D eigenvalue weighted by atomic mass is 32.2. The maximum atomic E-state index is 12.5. The summed E-state index contributed by atoms with van der Waals surface area (Å²) in [5, 5.41) is 6.39. The van der Waals surface area contributed by atoms with Gasteiger partial charge in [-0.3, -0.25) is 14.1 Å². The van der Waals surface area contributed by atoms with Gasteiger partial charge in [-0.2, -0.15) is 0 Å². The molecule has 0 spiro atoms. The van der Waals surface area contributed by atoms with E-state index in [0.717, 1.165) is 12.7 Å². The second-order valence-electron chi connectivity index (χ2n) is 5.54. The topological polar surface area (TPSA) is 114 Å².